The Morgan fingerprint density at radius 1 is 1.23 bits per heavy atom. The van der Waals surface area contributed by atoms with Crippen LogP contribution in [0.25, 0.3) is 11.0 Å². The molecular formula is C21H23N3O2. The summed E-state index contributed by atoms with van der Waals surface area (Å²) in [7, 11) is 1.67. The third-order valence-electron chi connectivity index (χ3n) is 5.15. The number of benzene rings is 2. The highest BCUT2D eigenvalue weighted by Gasteiger charge is 2.45. The average molecular weight is 349 g/mol. The predicted molar refractivity (Wildman–Crippen MR) is 101 cm³/mol. The van der Waals surface area contributed by atoms with Crippen LogP contribution in [-0.4, -0.2) is 29.1 Å². The van der Waals surface area contributed by atoms with E-state index < -0.39 is 0 Å². The average Bonchev–Trinajstić information content (AvgIpc) is 3.40. The Balaban J connectivity index is 1.36. The number of para-hydroxylation sites is 3. The number of aryl methyl sites for hydroxylation is 1. The van der Waals surface area contributed by atoms with Gasteiger partial charge in [-0.3, -0.25) is 4.79 Å². The van der Waals surface area contributed by atoms with E-state index in [-0.39, 0.29) is 17.7 Å². The number of methoxy groups -OCH3 is 1. The number of nitrogens with one attached hydrogen (secondary N) is 1. The summed E-state index contributed by atoms with van der Waals surface area (Å²) in [4.78, 5) is 17.1. The van der Waals surface area contributed by atoms with Gasteiger partial charge in [-0.25, -0.2) is 4.98 Å². The summed E-state index contributed by atoms with van der Waals surface area (Å²) in [6.07, 6.45) is 0.888. The maximum absolute atomic E-state index is 12.5. The summed E-state index contributed by atoms with van der Waals surface area (Å²) in [6, 6.07) is 16.0. The summed E-state index contributed by atoms with van der Waals surface area (Å²) in [5.74, 6) is 2.28. The van der Waals surface area contributed by atoms with Crippen molar-refractivity contribution in [3.05, 3.63) is 59.9 Å². The van der Waals surface area contributed by atoms with E-state index in [0.717, 1.165) is 41.1 Å². The molecule has 2 atom stereocenters. The van der Waals surface area contributed by atoms with Gasteiger partial charge in [0.1, 0.15) is 11.6 Å². The topological polar surface area (TPSA) is 56.1 Å². The second kappa shape index (κ2) is 6.83. The monoisotopic (exact) mass is 349 g/mol. The third kappa shape index (κ3) is 3.05. The molecule has 26 heavy (non-hydrogen) atoms. The molecule has 0 radical (unpaired) electrons. The summed E-state index contributed by atoms with van der Waals surface area (Å²) in [5.41, 5.74) is 3.24. The van der Waals surface area contributed by atoms with Crippen molar-refractivity contribution in [2.75, 3.05) is 13.7 Å². The van der Waals surface area contributed by atoms with Crippen LogP contribution in [0.15, 0.2) is 48.5 Å². The molecule has 1 aliphatic carbocycles. The molecule has 134 valence electrons. The molecule has 1 aromatic heterocycles. The van der Waals surface area contributed by atoms with Gasteiger partial charge in [0.2, 0.25) is 5.91 Å². The lowest BCUT2D eigenvalue weighted by molar-refractivity contribution is -0.122. The number of carbonyl (C=O) groups is 1. The first-order chi connectivity index (χ1) is 12.7. The van der Waals surface area contributed by atoms with Crippen molar-refractivity contribution in [1.82, 2.24) is 14.9 Å². The number of hydrogen-bond acceptors (Lipinski definition) is 3. The van der Waals surface area contributed by atoms with Gasteiger partial charge in [-0.05, 0) is 43.0 Å². The Hall–Kier alpha value is -2.82. The standard InChI is InChI=1S/C21H23N3O2/c1-14-23-18-8-4-5-9-19(18)24(14)12-11-22-21(25)17-13-16(17)15-7-3-6-10-20(15)26-2/h3-10,16-17H,11-13H2,1-2H3,(H,22,25)/t16-,17+/m1/s1. The molecule has 3 aromatic rings. The van der Waals surface area contributed by atoms with E-state index in [9.17, 15) is 4.79 Å². The molecule has 5 nitrogen and oxygen atoms in total. The van der Waals surface area contributed by atoms with Crippen LogP contribution in [0.5, 0.6) is 5.75 Å². The number of aromatic nitrogens is 2. The van der Waals surface area contributed by atoms with Crippen molar-refractivity contribution >= 4 is 16.9 Å². The summed E-state index contributed by atoms with van der Waals surface area (Å²) < 4.78 is 7.57. The number of nitrogens with zero attached hydrogens (tertiary/aromatic N) is 2. The van der Waals surface area contributed by atoms with Crippen LogP contribution < -0.4 is 10.1 Å². The highest BCUT2D eigenvalue weighted by atomic mass is 16.5. The van der Waals surface area contributed by atoms with Crippen LogP contribution in [0.4, 0.5) is 0 Å². The third-order valence-corrected chi connectivity index (χ3v) is 5.15. The lowest BCUT2D eigenvalue weighted by Gasteiger charge is -2.10. The first kappa shape index (κ1) is 16.6. The van der Waals surface area contributed by atoms with Gasteiger partial charge in [-0.15, -0.1) is 0 Å². The SMILES string of the molecule is COc1ccccc1[C@H]1C[C@@H]1C(=O)NCCn1c(C)nc2ccccc21. The molecule has 1 amide bonds. The number of carbonyl (C=O) groups excluding carboxylic acids is 1. The minimum absolute atomic E-state index is 0.0481. The molecule has 1 fully saturated rings. The zero-order valence-corrected chi connectivity index (χ0v) is 15.1. The maximum Gasteiger partial charge on any atom is 0.223 e. The number of imidazole rings is 1. The Bertz CT molecular complexity index is 947. The lowest BCUT2D eigenvalue weighted by Crippen LogP contribution is -2.29. The molecule has 0 aliphatic heterocycles. The van der Waals surface area contributed by atoms with Crippen LogP contribution >= 0.6 is 0 Å². The van der Waals surface area contributed by atoms with Crippen molar-refractivity contribution in [2.45, 2.75) is 25.8 Å². The van der Waals surface area contributed by atoms with Crippen LogP contribution in [0.3, 0.4) is 0 Å². The van der Waals surface area contributed by atoms with Gasteiger partial charge in [-0.1, -0.05) is 30.3 Å². The van der Waals surface area contributed by atoms with Crippen molar-refractivity contribution in [3.8, 4) is 5.75 Å². The molecule has 0 unspecified atom stereocenters. The minimum atomic E-state index is 0.0481. The zero-order chi connectivity index (χ0) is 18.1. The fraction of sp³-hybridized carbons (Fsp3) is 0.333. The van der Waals surface area contributed by atoms with Gasteiger partial charge < -0.3 is 14.6 Å². The molecule has 5 heteroatoms. The predicted octanol–water partition coefficient (Wildman–Crippen LogP) is 3.27. The number of rotatable bonds is 6. The van der Waals surface area contributed by atoms with E-state index in [1.165, 1.54) is 0 Å². The fourth-order valence-corrected chi connectivity index (χ4v) is 3.70. The lowest BCUT2D eigenvalue weighted by atomic mass is 10.1. The Morgan fingerprint density at radius 3 is 2.85 bits per heavy atom. The largest absolute Gasteiger partial charge is 0.496 e. The van der Waals surface area contributed by atoms with E-state index in [1.807, 2.05) is 43.3 Å². The Kier molecular flexibility index (Phi) is 4.37. The van der Waals surface area contributed by atoms with Gasteiger partial charge in [0, 0.05) is 19.0 Å². The molecular weight excluding hydrogens is 326 g/mol. The van der Waals surface area contributed by atoms with Crippen molar-refractivity contribution < 1.29 is 9.53 Å². The highest BCUT2D eigenvalue weighted by Crippen LogP contribution is 2.50. The van der Waals surface area contributed by atoms with Crippen molar-refractivity contribution in [1.29, 1.82) is 0 Å². The second-order valence-electron chi connectivity index (χ2n) is 6.78. The molecule has 0 spiro atoms. The van der Waals surface area contributed by atoms with Crippen LogP contribution in [0, 0.1) is 12.8 Å². The van der Waals surface area contributed by atoms with Crippen LogP contribution in [0.2, 0.25) is 0 Å². The Labute approximate surface area is 153 Å². The number of fused-ring (bicyclic) bond motifs is 1. The molecule has 0 bridgehead atoms. The molecule has 1 heterocycles. The molecule has 4 rings (SSSR count). The molecule has 0 saturated heterocycles. The van der Waals surface area contributed by atoms with Gasteiger partial charge in [0.15, 0.2) is 0 Å². The zero-order valence-electron chi connectivity index (χ0n) is 15.1. The molecule has 2 aromatic carbocycles. The molecule has 1 saturated carbocycles. The van der Waals surface area contributed by atoms with Crippen LogP contribution in [0.1, 0.15) is 23.7 Å². The van der Waals surface area contributed by atoms with E-state index >= 15 is 0 Å². The quantitative estimate of drug-likeness (QED) is 0.743. The smallest absolute Gasteiger partial charge is 0.223 e. The van der Waals surface area contributed by atoms with Gasteiger partial charge >= 0.3 is 0 Å². The van der Waals surface area contributed by atoms with E-state index in [2.05, 4.69) is 27.0 Å². The normalized spacial score (nSPS) is 18.7. The van der Waals surface area contributed by atoms with Gasteiger partial charge in [-0.2, -0.15) is 0 Å². The minimum Gasteiger partial charge on any atom is -0.496 e. The first-order valence-electron chi connectivity index (χ1n) is 9.01. The van der Waals surface area contributed by atoms with E-state index in [0.29, 0.717) is 6.54 Å². The van der Waals surface area contributed by atoms with Gasteiger partial charge in [0.25, 0.3) is 0 Å². The fourth-order valence-electron chi connectivity index (χ4n) is 3.70. The second-order valence-corrected chi connectivity index (χ2v) is 6.78. The summed E-state index contributed by atoms with van der Waals surface area (Å²) >= 11 is 0. The first-order valence-corrected chi connectivity index (χ1v) is 9.01. The van der Waals surface area contributed by atoms with E-state index in [1.54, 1.807) is 7.11 Å². The van der Waals surface area contributed by atoms with E-state index in [4.69, 9.17) is 4.74 Å². The molecule has 1 N–H and O–H groups in total. The number of amides is 1. The van der Waals surface area contributed by atoms with Crippen molar-refractivity contribution in [3.63, 3.8) is 0 Å². The van der Waals surface area contributed by atoms with Gasteiger partial charge in [0.05, 0.1) is 18.1 Å². The summed E-state index contributed by atoms with van der Waals surface area (Å²) in [6.45, 7) is 3.33. The van der Waals surface area contributed by atoms with Crippen LogP contribution in [-0.2, 0) is 11.3 Å². The number of ether oxygens (including phenoxy) is 1. The molecule has 1 aliphatic rings. The number of hydrogen-bond donors (Lipinski definition) is 1. The summed E-state index contributed by atoms with van der Waals surface area (Å²) in [5, 5.41) is 3.08. The highest BCUT2D eigenvalue weighted by molar-refractivity contribution is 5.83. The maximum atomic E-state index is 12.5. The van der Waals surface area contributed by atoms with Crippen molar-refractivity contribution in [2.24, 2.45) is 5.92 Å². The Morgan fingerprint density at radius 2 is 2.00 bits per heavy atom.